The van der Waals surface area contributed by atoms with Crippen LogP contribution in [0.15, 0.2) is 49.1 Å². The number of nitrogens with zero attached hydrogens (tertiary/aromatic N) is 3. The van der Waals surface area contributed by atoms with E-state index in [0.29, 0.717) is 5.82 Å². The first kappa shape index (κ1) is 12.7. The second-order valence-corrected chi connectivity index (χ2v) is 4.99. The van der Waals surface area contributed by atoms with Crippen LogP contribution in [0.1, 0.15) is 5.56 Å². The second kappa shape index (κ2) is 4.98. The lowest BCUT2D eigenvalue weighted by atomic mass is 10.1. The molecule has 2 N–H and O–H groups in total. The minimum absolute atomic E-state index is 0.489. The summed E-state index contributed by atoms with van der Waals surface area (Å²) in [6, 6.07) is 9.53. The number of rotatable bonds is 2. The summed E-state index contributed by atoms with van der Waals surface area (Å²) in [6.07, 6.45) is 5.28. The number of hydrogen-bond donors (Lipinski definition) is 1. The largest absolute Gasteiger partial charge is 0.384 e. The number of imidazole rings is 1. The fourth-order valence-corrected chi connectivity index (χ4v) is 2.42. The summed E-state index contributed by atoms with van der Waals surface area (Å²) in [5.41, 5.74) is 9.81. The van der Waals surface area contributed by atoms with E-state index in [-0.39, 0.29) is 0 Å². The van der Waals surface area contributed by atoms with Crippen LogP contribution >= 0.6 is 11.6 Å². The fourth-order valence-electron chi connectivity index (χ4n) is 2.20. The van der Waals surface area contributed by atoms with E-state index in [2.05, 4.69) is 9.97 Å². The Labute approximate surface area is 121 Å². The van der Waals surface area contributed by atoms with Crippen LogP contribution in [-0.4, -0.2) is 14.5 Å². The number of aromatic nitrogens is 3. The molecule has 4 nitrogen and oxygen atoms in total. The van der Waals surface area contributed by atoms with Crippen molar-refractivity contribution < 1.29 is 0 Å². The summed E-state index contributed by atoms with van der Waals surface area (Å²) in [7, 11) is 0. The molecule has 0 bridgehead atoms. The van der Waals surface area contributed by atoms with Crippen molar-refractivity contribution in [2.45, 2.75) is 6.92 Å². The molecule has 0 saturated heterocycles. The Bertz CT molecular complexity index is 764. The van der Waals surface area contributed by atoms with E-state index in [9.17, 15) is 0 Å². The van der Waals surface area contributed by atoms with Gasteiger partial charge in [-0.2, -0.15) is 0 Å². The van der Waals surface area contributed by atoms with Crippen molar-refractivity contribution in [2.24, 2.45) is 0 Å². The number of hydrogen-bond acceptors (Lipinski definition) is 3. The molecular weight excluding hydrogens is 272 g/mol. The van der Waals surface area contributed by atoms with E-state index in [4.69, 9.17) is 17.3 Å². The maximum Gasteiger partial charge on any atom is 0.123 e. The molecule has 3 aromatic rings. The van der Waals surface area contributed by atoms with E-state index in [1.54, 1.807) is 12.5 Å². The van der Waals surface area contributed by atoms with Crippen LogP contribution < -0.4 is 5.73 Å². The number of benzene rings is 1. The van der Waals surface area contributed by atoms with Crippen molar-refractivity contribution in [1.82, 2.24) is 14.5 Å². The molecule has 0 unspecified atom stereocenters. The highest BCUT2D eigenvalue weighted by Gasteiger charge is 2.09. The van der Waals surface area contributed by atoms with Crippen LogP contribution in [0.2, 0.25) is 5.02 Å². The molecular formula is C15H13ClN4. The quantitative estimate of drug-likeness (QED) is 0.784. The maximum absolute atomic E-state index is 6.01. The molecule has 20 heavy (non-hydrogen) atoms. The highest BCUT2D eigenvalue weighted by molar-refractivity contribution is 6.30. The summed E-state index contributed by atoms with van der Waals surface area (Å²) in [6.45, 7) is 2.02. The normalized spacial score (nSPS) is 10.7. The first-order valence-corrected chi connectivity index (χ1v) is 6.54. The molecule has 0 fully saturated rings. The zero-order valence-corrected chi connectivity index (χ0v) is 11.7. The van der Waals surface area contributed by atoms with Gasteiger partial charge < -0.3 is 5.73 Å². The average molecular weight is 285 g/mol. The minimum atomic E-state index is 0.489. The first-order chi connectivity index (χ1) is 9.65. The van der Waals surface area contributed by atoms with Crippen LogP contribution in [0.3, 0.4) is 0 Å². The van der Waals surface area contributed by atoms with Crippen molar-refractivity contribution in [3.63, 3.8) is 0 Å². The zero-order chi connectivity index (χ0) is 14.1. The molecule has 0 aliphatic rings. The molecule has 100 valence electrons. The number of anilines is 1. The van der Waals surface area contributed by atoms with Crippen molar-refractivity contribution >= 4 is 17.4 Å². The predicted octanol–water partition coefficient (Wildman–Crippen LogP) is 3.48. The standard InChI is InChI=1S/C15H13ClN4/c1-10-6-12(16)2-3-13(10)20-9-18-8-14(20)11-4-5-19-15(17)7-11/h2-9H,1H3,(H2,17,19). The maximum atomic E-state index is 6.01. The van der Waals surface area contributed by atoms with Crippen molar-refractivity contribution in [3.8, 4) is 16.9 Å². The van der Waals surface area contributed by atoms with Crippen LogP contribution in [0, 0.1) is 6.92 Å². The third-order valence-corrected chi connectivity index (χ3v) is 3.37. The number of nitrogen functional groups attached to an aromatic ring is 1. The van der Waals surface area contributed by atoms with Crippen molar-refractivity contribution in [1.29, 1.82) is 0 Å². The molecule has 0 spiro atoms. The molecule has 0 aliphatic carbocycles. The molecule has 3 rings (SSSR count). The molecule has 5 heteroatoms. The lowest BCUT2D eigenvalue weighted by Gasteiger charge is -2.11. The van der Waals surface area contributed by atoms with E-state index < -0.39 is 0 Å². The van der Waals surface area contributed by atoms with Gasteiger partial charge in [0.1, 0.15) is 5.82 Å². The van der Waals surface area contributed by atoms with E-state index in [1.807, 2.05) is 48.0 Å². The van der Waals surface area contributed by atoms with E-state index in [1.165, 1.54) is 0 Å². The number of pyridine rings is 1. The second-order valence-electron chi connectivity index (χ2n) is 4.55. The summed E-state index contributed by atoms with van der Waals surface area (Å²) in [5.74, 6) is 0.489. The monoisotopic (exact) mass is 284 g/mol. The minimum Gasteiger partial charge on any atom is -0.384 e. The highest BCUT2D eigenvalue weighted by Crippen LogP contribution is 2.26. The Morgan fingerprint density at radius 1 is 1.20 bits per heavy atom. The lowest BCUT2D eigenvalue weighted by molar-refractivity contribution is 1.05. The van der Waals surface area contributed by atoms with Gasteiger partial charge in [0.05, 0.1) is 23.9 Å². The third-order valence-electron chi connectivity index (χ3n) is 3.13. The molecule has 0 atom stereocenters. The molecule has 1 aromatic carbocycles. The van der Waals surface area contributed by atoms with Gasteiger partial charge in [-0.05, 0) is 42.8 Å². The summed E-state index contributed by atoms with van der Waals surface area (Å²) in [5, 5.41) is 0.723. The van der Waals surface area contributed by atoms with Crippen LogP contribution in [0.4, 0.5) is 5.82 Å². The molecule has 0 aliphatic heterocycles. The highest BCUT2D eigenvalue weighted by atomic mass is 35.5. The molecule has 0 radical (unpaired) electrons. The number of aryl methyl sites for hydroxylation is 1. The Balaban J connectivity index is 2.15. The Morgan fingerprint density at radius 3 is 2.80 bits per heavy atom. The first-order valence-electron chi connectivity index (χ1n) is 6.16. The Morgan fingerprint density at radius 2 is 2.05 bits per heavy atom. The molecule has 0 amide bonds. The van der Waals surface area contributed by atoms with Gasteiger partial charge in [0.25, 0.3) is 0 Å². The average Bonchev–Trinajstić information content (AvgIpc) is 2.87. The van der Waals surface area contributed by atoms with Gasteiger partial charge in [-0.15, -0.1) is 0 Å². The summed E-state index contributed by atoms with van der Waals surface area (Å²) >= 11 is 6.01. The zero-order valence-electron chi connectivity index (χ0n) is 10.9. The van der Waals surface area contributed by atoms with Gasteiger partial charge in [-0.1, -0.05) is 11.6 Å². The molecule has 2 aromatic heterocycles. The third kappa shape index (κ3) is 2.26. The fraction of sp³-hybridized carbons (Fsp3) is 0.0667. The van der Waals surface area contributed by atoms with Crippen LogP contribution in [-0.2, 0) is 0 Å². The topological polar surface area (TPSA) is 56.7 Å². The van der Waals surface area contributed by atoms with Gasteiger partial charge in [-0.3, -0.25) is 4.57 Å². The SMILES string of the molecule is Cc1cc(Cl)ccc1-n1cncc1-c1ccnc(N)c1. The summed E-state index contributed by atoms with van der Waals surface area (Å²) < 4.78 is 2.01. The molecule has 0 saturated carbocycles. The van der Waals surface area contributed by atoms with Crippen LogP contribution in [0.25, 0.3) is 16.9 Å². The lowest BCUT2D eigenvalue weighted by Crippen LogP contribution is -1.98. The van der Waals surface area contributed by atoms with Gasteiger partial charge in [0, 0.05) is 16.8 Å². The van der Waals surface area contributed by atoms with Gasteiger partial charge in [0.2, 0.25) is 0 Å². The molecule has 2 heterocycles. The smallest absolute Gasteiger partial charge is 0.123 e. The van der Waals surface area contributed by atoms with E-state index >= 15 is 0 Å². The van der Waals surface area contributed by atoms with Gasteiger partial charge in [0.15, 0.2) is 0 Å². The summed E-state index contributed by atoms with van der Waals surface area (Å²) in [4.78, 5) is 8.25. The predicted molar refractivity (Wildman–Crippen MR) is 81.0 cm³/mol. The Kier molecular flexibility index (Phi) is 3.16. The number of nitrogens with two attached hydrogens (primary N) is 1. The van der Waals surface area contributed by atoms with Gasteiger partial charge in [-0.25, -0.2) is 9.97 Å². The van der Waals surface area contributed by atoms with Crippen molar-refractivity contribution in [3.05, 3.63) is 59.6 Å². The van der Waals surface area contributed by atoms with Crippen LogP contribution in [0.5, 0.6) is 0 Å². The van der Waals surface area contributed by atoms with E-state index in [0.717, 1.165) is 27.5 Å². The number of halogens is 1. The van der Waals surface area contributed by atoms with Gasteiger partial charge >= 0.3 is 0 Å². The van der Waals surface area contributed by atoms with Crippen molar-refractivity contribution in [2.75, 3.05) is 5.73 Å². The Hall–Kier alpha value is -2.33.